The summed E-state index contributed by atoms with van der Waals surface area (Å²) in [6.45, 7) is 4.85. The highest BCUT2D eigenvalue weighted by atomic mass is 19.2. The summed E-state index contributed by atoms with van der Waals surface area (Å²) in [6, 6.07) is 15.8. The molecule has 4 heteroatoms. The predicted octanol–water partition coefficient (Wildman–Crippen LogP) is 11.3. The third kappa shape index (κ3) is 8.58. The lowest BCUT2D eigenvalue weighted by Crippen LogP contribution is -2.24. The first-order valence-electron chi connectivity index (χ1n) is 15.6. The lowest BCUT2D eigenvalue weighted by molar-refractivity contribution is -0.000225. The van der Waals surface area contributed by atoms with Gasteiger partial charge in [-0.2, -0.15) is 0 Å². The van der Waals surface area contributed by atoms with Crippen molar-refractivity contribution in [1.82, 2.24) is 0 Å². The zero-order chi connectivity index (χ0) is 29.0. The normalized spacial score (nSPS) is 17.4. The van der Waals surface area contributed by atoms with Crippen LogP contribution in [0.25, 0.3) is 22.3 Å². The molecule has 220 valence electrons. The van der Waals surface area contributed by atoms with Gasteiger partial charge in [-0.15, -0.1) is 0 Å². The van der Waals surface area contributed by atoms with Gasteiger partial charge >= 0.3 is 0 Å². The molecule has 0 saturated carbocycles. The van der Waals surface area contributed by atoms with Crippen molar-refractivity contribution in [2.45, 2.75) is 103 Å². The van der Waals surface area contributed by atoms with Crippen LogP contribution in [0.15, 0.2) is 66.7 Å². The molecular formula is C37H45F3O. The average molecular weight is 563 g/mol. The molecule has 0 spiro atoms. The van der Waals surface area contributed by atoms with Crippen LogP contribution in [-0.2, 0) is 11.2 Å². The molecule has 0 aromatic heterocycles. The topological polar surface area (TPSA) is 9.23 Å². The third-order valence-electron chi connectivity index (χ3n) is 8.44. The minimum absolute atomic E-state index is 0.200. The molecule has 0 N–H and O–H groups in total. The second-order valence-corrected chi connectivity index (χ2v) is 11.5. The molecule has 1 nitrogen and oxygen atoms in total. The predicted molar refractivity (Wildman–Crippen MR) is 165 cm³/mol. The molecule has 1 heterocycles. The van der Waals surface area contributed by atoms with Gasteiger partial charge in [-0.05, 0) is 73.8 Å². The number of unbranched alkanes of at least 4 members (excludes halogenated alkanes) is 6. The molecule has 3 aromatic carbocycles. The van der Waals surface area contributed by atoms with Crippen molar-refractivity contribution in [2.24, 2.45) is 0 Å². The summed E-state index contributed by atoms with van der Waals surface area (Å²) in [5.41, 5.74) is 3.41. The first-order valence-corrected chi connectivity index (χ1v) is 15.6. The van der Waals surface area contributed by atoms with E-state index in [1.54, 1.807) is 42.5 Å². The summed E-state index contributed by atoms with van der Waals surface area (Å²) in [4.78, 5) is 0. The Morgan fingerprint density at radius 1 is 0.780 bits per heavy atom. The SMILES string of the molecule is C/C=C/CCC1CCC(c2ccc(-c3ccc(-c4ccc(CCCCCCCCC)c(F)c4F)cc3)c(F)c2)CO1. The standard InChI is InChI=1S/C37H45F3O/c1-3-5-7-8-9-10-12-13-29-20-24-34(37(40)36(29)39)28-17-15-27(16-18-28)33-23-21-30(25-35(33)38)31-19-22-32(41-26-31)14-11-6-4-2/h4,6,15-18,20-21,23-25,31-32H,3,5,7-14,19,22,26H2,1-2H3/b6-4+. The highest BCUT2D eigenvalue weighted by Gasteiger charge is 2.23. The Bertz CT molecular complexity index is 1260. The van der Waals surface area contributed by atoms with Gasteiger partial charge in [0.2, 0.25) is 0 Å². The molecule has 1 saturated heterocycles. The highest BCUT2D eigenvalue weighted by molar-refractivity contribution is 5.71. The van der Waals surface area contributed by atoms with E-state index in [0.29, 0.717) is 35.3 Å². The Balaban J connectivity index is 1.35. The Labute approximate surface area is 244 Å². The van der Waals surface area contributed by atoms with Gasteiger partial charge in [0, 0.05) is 17.0 Å². The van der Waals surface area contributed by atoms with Crippen LogP contribution in [0.1, 0.15) is 102 Å². The number of rotatable bonds is 14. The summed E-state index contributed by atoms with van der Waals surface area (Å²) in [7, 11) is 0. The quantitative estimate of drug-likeness (QED) is 0.140. The fraction of sp³-hybridized carbons (Fsp3) is 0.459. The van der Waals surface area contributed by atoms with Gasteiger partial charge in [-0.1, -0.05) is 106 Å². The van der Waals surface area contributed by atoms with Crippen molar-refractivity contribution in [2.75, 3.05) is 6.61 Å². The monoisotopic (exact) mass is 562 g/mol. The summed E-state index contributed by atoms with van der Waals surface area (Å²) in [5, 5.41) is 0. The van der Waals surface area contributed by atoms with E-state index >= 15 is 8.78 Å². The zero-order valence-electron chi connectivity index (χ0n) is 24.7. The van der Waals surface area contributed by atoms with E-state index < -0.39 is 11.6 Å². The maximum Gasteiger partial charge on any atom is 0.166 e. The van der Waals surface area contributed by atoms with Gasteiger partial charge < -0.3 is 4.74 Å². The number of hydrogen-bond donors (Lipinski definition) is 0. The molecule has 0 amide bonds. The van der Waals surface area contributed by atoms with Crippen LogP contribution in [-0.4, -0.2) is 12.7 Å². The Morgan fingerprint density at radius 2 is 1.46 bits per heavy atom. The molecule has 0 bridgehead atoms. The van der Waals surface area contributed by atoms with Crippen LogP contribution in [0.2, 0.25) is 0 Å². The van der Waals surface area contributed by atoms with E-state index in [1.165, 1.54) is 25.7 Å². The fourth-order valence-electron chi connectivity index (χ4n) is 5.87. The molecule has 1 aliphatic rings. The maximum atomic E-state index is 15.2. The van der Waals surface area contributed by atoms with E-state index in [-0.39, 0.29) is 23.4 Å². The first-order chi connectivity index (χ1) is 20.0. The van der Waals surface area contributed by atoms with Crippen molar-refractivity contribution < 1.29 is 17.9 Å². The molecule has 2 unspecified atom stereocenters. The molecule has 4 rings (SSSR count). The van der Waals surface area contributed by atoms with Crippen molar-refractivity contribution in [3.05, 3.63) is 95.3 Å². The van der Waals surface area contributed by atoms with Crippen molar-refractivity contribution in [3.8, 4) is 22.3 Å². The Morgan fingerprint density at radius 3 is 2.12 bits per heavy atom. The average Bonchev–Trinajstić information content (AvgIpc) is 2.99. The molecule has 0 aliphatic carbocycles. The van der Waals surface area contributed by atoms with Gasteiger partial charge in [0.1, 0.15) is 5.82 Å². The maximum absolute atomic E-state index is 15.2. The van der Waals surface area contributed by atoms with Crippen molar-refractivity contribution in [3.63, 3.8) is 0 Å². The molecule has 1 fully saturated rings. The smallest absolute Gasteiger partial charge is 0.166 e. The second-order valence-electron chi connectivity index (χ2n) is 11.5. The summed E-state index contributed by atoms with van der Waals surface area (Å²) in [5.74, 6) is -1.65. The lowest BCUT2D eigenvalue weighted by Gasteiger charge is -2.29. The van der Waals surface area contributed by atoms with Gasteiger partial charge in [0.15, 0.2) is 11.6 Å². The number of aryl methyl sites for hydroxylation is 1. The van der Waals surface area contributed by atoms with E-state index in [9.17, 15) is 4.39 Å². The number of benzene rings is 3. The summed E-state index contributed by atoms with van der Waals surface area (Å²) >= 11 is 0. The van der Waals surface area contributed by atoms with Crippen molar-refractivity contribution >= 4 is 0 Å². The Kier molecular flexibility index (Phi) is 12.1. The minimum Gasteiger partial charge on any atom is -0.378 e. The molecule has 0 radical (unpaired) electrons. The number of halogens is 3. The number of hydrogen-bond acceptors (Lipinski definition) is 1. The second kappa shape index (κ2) is 16.0. The lowest BCUT2D eigenvalue weighted by atomic mass is 9.89. The third-order valence-corrected chi connectivity index (χ3v) is 8.44. The zero-order valence-corrected chi connectivity index (χ0v) is 24.7. The summed E-state index contributed by atoms with van der Waals surface area (Å²) < 4.78 is 51.2. The minimum atomic E-state index is -0.813. The summed E-state index contributed by atoms with van der Waals surface area (Å²) in [6.07, 6.45) is 17.1. The Hall–Kier alpha value is -2.85. The van der Waals surface area contributed by atoms with Crippen LogP contribution in [0.3, 0.4) is 0 Å². The van der Waals surface area contributed by atoms with E-state index in [2.05, 4.69) is 19.1 Å². The van der Waals surface area contributed by atoms with Gasteiger partial charge in [0.25, 0.3) is 0 Å². The number of ether oxygens (including phenoxy) is 1. The van der Waals surface area contributed by atoms with Crippen LogP contribution in [0.5, 0.6) is 0 Å². The first kappa shape index (κ1) is 31.1. The van der Waals surface area contributed by atoms with Crippen LogP contribution >= 0.6 is 0 Å². The van der Waals surface area contributed by atoms with Crippen LogP contribution < -0.4 is 0 Å². The van der Waals surface area contributed by atoms with E-state index in [0.717, 1.165) is 50.5 Å². The van der Waals surface area contributed by atoms with E-state index in [1.807, 2.05) is 19.1 Å². The van der Waals surface area contributed by atoms with Crippen LogP contribution in [0, 0.1) is 17.5 Å². The van der Waals surface area contributed by atoms with Crippen LogP contribution in [0.4, 0.5) is 13.2 Å². The largest absolute Gasteiger partial charge is 0.378 e. The molecule has 41 heavy (non-hydrogen) atoms. The molecule has 2 atom stereocenters. The van der Waals surface area contributed by atoms with Gasteiger partial charge in [-0.25, -0.2) is 13.2 Å². The van der Waals surface area contributed by atoms with Gasteiger partial charge in [0.05, 0.1) is 12.7 Å². The fourth-order valence-corrected chi connectivity index (χ4v) is 5.87. The van der Waals surface area contributed by atoms with Crippen molar-refractivity contribution in [1.29, 1.82) is 0 Å². The molecular weight excluding hydrogens is 517 g/mol. The highest BCUT2D eigenvalue weighted by Crippen LogP contribution is 2.34. The van der Waals surface area contributed by atoms with Gasteiger partial charge in [-0.3, -0.25) is 0 Å². The molecule has 3 aromatic rings. The number of allylic oxidation sites excluding steroid dienone is 2. The molecule has 1 aliphatic heterocycles. The van der Waals surface area contributed by atoms with E-state index in [4.69, 9.17) is 4.74 Å².